The number of benzene rings is 14. The van der Waals surface area contributed by atoms with Crippen molar-refractivity contribution in [2.75, 3.05) is 0 Å². The summed E-state index contributed by atoms with van der Waals surface area (Å²) in [5.74, 6) is 1.69. The summed E-state index contributed by atoms with van der Waals surface area (Å²) >= 11 is -0.826. The number of hydrogen-bond acceptors (Lipinski definition) is 0. The molecule has 422 valence electrons. The van der Waals surface area contributed by atoms with Gasteiger partial charge in [-0.1, -0.05) is 254 Å². The van der Waals surface area contributed by atoms with Gasteiger partial charge in [0.15, 0.2) is 0 Å². The Hall–Kier alpha value is -7.94. The van der Waals surface area contributed by atoms with E-state index in [1.807, 2.05) is 0 Å². The zero-order chi connectivity index (χ0) is 59.2. The monoisotopic (exact) mass is 1260 g/mol. The molecule has 2 aliphatic carbocycles. The maximum atomic E-state index is 4.93. The minimum Gasteiger partial charge on any atom is -0.164 e. The van der Waals surface area contributed by atoms with Gasteiger partial charge in [0.05, 0.1) is 0 Å². The van der Waals surface area contributed by atoms with Gasteiger partial charge in [-0.2, -0.15) is 12.1 Å². The molecule has 2 aliphatic rings. The molecule has 18 rings (SSSR count). The average molecular weight is 1260 g/mol. The van der Waals surface area contributed by atoms with Crippen LogP contribution in [0.3, 0.4) is 0 Å². The topological polar surface area (TPSA) is 0 Å². The first kappa shape index (κ1) is 56.6. The Kier molecular flexibility index (Phi) is 15.8. The van der Waals surface area contributed by atoms with E-state index in [0.29, 0.717) is 0 Å². The largest absolute Gasteiger partial charge is 0.164 e. The van der Waals surface area contributed by atoms with Crippen LogP contribution in [0.25, 0.3) is 152 Å². The van der Waals surface area contributed by atoms with Crippen molar-refractivity contribution in [1.82, 2.24) is 0 Å². The van der Waals surface area contributed by atoms with E-state index in [1.165, 1.54) is 202 Å². The van der Waals surface area contributed by atoms with Crippen LogP contribution in [0.1, 0.15) is 36.8 Å². The molecule has 88 heavy (non-hydrogen) atoms. The molecule has 2 saturated carbocycles. The van der Waals surface area contributed by atoms with Gasteiger partial charge in [0, 0.05) is 9.52 Å². The van der Waals surface area contributed by atoms with Crippen molar-refractivity contribution >= 4 is 134 Å². The van der Waals surface area contributed by atoms with Gasteiger partial charge in [0.2, 0.25) is 0 Å². The second kappa shape index (κ2) is 24.6. The fourth-order valence-electron chi connectivity index (χ4n) is 14.4. The van der Waals surface area contributed by atoms with Crippen LogP contribution in [-0.4, -0.2) is 9.52 Å². The van der Waals surface area contributed by atoms with Crippen LogP contribution < -0.4 is 0 Å². The average Bonchev–Trinajstić information content (AvgIpc) is 1.54. The van der Waals surface area contributed by atoms with Crippen molar-refractivity contribution in [3.63, 3.8) is 0 Å². The second-order valence-corrected chi connectivity index (χ2v) is 29.1. The third kappa shape index (κ3) is 10.7. The fraction of sp³-hybridized carbons (Fsp3) is 0.119. The van der Waals surface area contributed by atoms with Crippen LogP contribution in [0.5, 0.6) is 0 Å². The fourth-order valence-corrected chi connectivity index (χ4v) is 14.4. The summed E-state index contributed by atoms with van der Waals surface area (Å²) in [5, 5.41) is 26.4. The summed E-state index contributed by atoms with van der Waals surface area (Å²) < 4.78 is 0. The predicted octanol–water partition coefficient (Wildman–Crippen LogP) is 25.1. The molecule has 0 N–H and O–H groups in total. The smallest absolute Gasteiger partial charge is 0.0107 e. The van der Waals surface area contributed by atoms with E-state index in [2.05, 4.69) is 280 Å². The number of fused-ring (bicyclic) bond motifs is 10. The van der Waals surface area contributed by atoms with Gasteiger partial charge in [-0.15, -0.1) is 44.8 Å². The van der Waals surface area contributed by atoms with E-state index >= 15 is 0 Å². The van der Waals surface area contributed by atoms with Crippen LogP contribution in [0.2, 0.25) is 13.1 Å². The van der Waals surface area contributed by atoms with Crippen molar-refractivity contribution in [2.45, 2.75) is 51.6 Å². The van der Waals surface area contributed by atoms with Gasteiger partial charge in [-0.05, 0) is 183 Å². The van der Waals surface area contributed by atoms with Crippen LogP contribution in [0.15, 0.2) is 267 Å². The summed E-state index contributed by atoms with van der Waals surface area (Å²) in [6.45, 7) is 4.31. The molecule has 0 atom stereocenters. The van der Waals surface area contributed by atoms with E-state index in [-0.39, 0.29) is 0 Å². The summed E-state index contributed by atoms with van der Waals surface area (Å²) in [4.78, 5) is 0. The van der Waals surface area contributed by atoms with Gasteiger partial charge in [-0.3, -0.25) is 0 Å². The SMILES string of the molecule is C[Si]C.[Cl][Zr+2][Cl].c1ccc2c(-c3ccc(-c4c5ccccc5cc5ccccc45)c4[cH-]c(CC5CC5)cc34)c3ccccc3cc2c1.c1ccc2c(-c3ccc(-c4c5ccccc5cc5ccccc45)c4[cH-]c(CC5CC5)cc34)c3ccccc3cc2c1. The standard InChI is InChI=1S/2C41H29.C2H6Si.2ClH.Zr/c2*1-5-13-32-28(9-1)24-29-10-2-6-14-33(29)40(32)36-19-20-37(39-23-27(22-38(36)39)21-26-17-18-26)41-34-15-7-3-11-30(34)25-31-12-4-8-16-35(31)41;1-3-2;;;/h2*1-16,19-20,22-26H,17-18,21H2;1-2H3;2*1H;/q2*-1;;;;+4/p-2. The molecule has 4 heteroatoms. The van der Waals surface area contributed by atoms with Gasteiger partial charge >= 0.3 is 37.9 Å². The van der Waals surface area contributed by atoms with Crippen molar-refractivity contribution in [3.8, 4) is 44.5 Å². The third-order valence-corrected chi connectivity index (χ3v) is 18.5. The minimum absolute atomic E-state index is 0.826. The Morgan fingerprint density at radius 3 is 0.739 bits per heavy atom. The van der Waals surface area contributed by atoms with Crippen molar-refractivity contribution < 1.29 is 20.8 Å². The second-order valence-electron chi connectivity index (χ2n) is 24.3. The molecule has 0 unspecified atom stereocenters. The normalized spacial score (nSPS) is 13.0. The zero-order valence-electron chi connectivity index (χ0n) is 49.6. The molecule has 16 aromatic rings. The van der Waals surface area contributed by atoms with Gasteiger partial charge in [-0.25, -0.2) is 0 Å². The van der Waals surface area contributed by atoms with Crippen LogP contribution in [0.4, 0.5) is 0 Å². The molecule has 0 amide bonds. The van der Waals surface area contributed by atoms with Crippen LogP contribution in [0, 0.1) is 11.8 Å². The molecular formula is C84H64Cl2SiZr. The van der Waals surface area contributed by atoms with Crippen molar-refractivity contribution in [2.24, 2.45) is 11.8 Å². The van der Waals surface area contributed by atoms with E-state index in [0.717, 1.165) is 21.4 Å². The first-order chi connectivity index (χ1) is 43.5. The first-order valence-corrected chi connectivity index (χ1v) is 39.4. The summed E-state index contributed by atoms with van der Waals surface area (Å²) in [6, 6.07) is 100. The quantitative estimate of drug-likeness (QED) is 0.0808. The predicted molar refractivity (Wildman–Crippen MR) is 383 cm³/mol. The van der Waals surface area contributed by atoms with E-state index in [1.54, 1.807) is 0 Å². The molecule has 2 fully saturated rings. The maximum Gasteiger partial charge on any atom is -0.0107 e. The molecule has 0 aromatic heterocycles. The van der Waals surface area contributed by atoms with Crippen molar-refractivity contribution in [3.05, 3.63) is 278 Å². The summed E-state index contributed by atoms with van der Waals surface area (Å²) in [6.07, 6.45) is 7.82. The molecule has 0 aliphatic heterocycles. The Morgan fingerprint density at radius 2 is 0.511 bits per heavy atom. The molecule has 16 aromatic carbocycles. The third-order valence-electron chi connectivity index (χ3n) is 18.5. The summed E-state index contributed by atoms with van der Waals surface area (Å²) in [5.41, 5.74) is 13.7. The van der Waals surface area contributed by atoms with E-state index in [4.69, 9.17) is 17.0 Å². The Balaban J connectivity index is 0.000000136. The molecule has 0 heterocycles. The van der Waals surface area contributed by atoms with Crippen LogP contribution in [-0.2, 0) is 33.7 Å². The molecular weight excluding hydrogens is 1200 g/mol. The Bertz CT molecular complexity index is 4450. The Morgan fingerprint density at radius 1 is 0.307 bits per heavy atom. The maximum absolute atomic E-state index is 4.93. The Labute approximate surface area is 536 Å². The zero-order valence-corrected chi connectivity index (χ0v) is 54.5. The van der Waals surface area contributed by atoms with Gasteiger partial charge < -0.3 is 0 Å². The molecule has 0 saturated heterocycles. The van der Waals surface area contributed by atoms with Crippen LogP contribution >= 0.6 is 17.0 Å². The first-order valence-electron chi connectivity index (χ1n) is 31.1. The minimum atomic E-state index is -0.826. The molecule has 0 nitrogen and oxygen atoms in total. The molecule has 0 spiro atoms. The molecule has 0 bridgehead atoms. The van der Waals surface area contributed by atoms with Gasteiger partial charge in [0.25, 0.3) is 0 Å². The molecule has 2 radical (unpaired) electrons. The number of rotatable bonds is 8. The summed E-state index contributed by atoms with van der Waals surface area (Å²) in [7, 11) is 11.0. The van der Waals surface area contributed by atoms with E-state index < -0.39 is 20.8 Å². The number of halogens is 2. The van der Waals surface area contributed by atoms with Gasteiger partial charge in [0.1, 0.15) is 0 Å². The number of hydrogen-bond donors (Lipinski definition) is 0. The van der Waals surface area contributed by atoms with Crippen molar-refractivity contribution in [1.29, 1.82) is 0 Å². The van der Waals surface area contributed by atoms with E-state index in [9.17, 15) is 0 Å².